The summed E-state index contributed by atoms with van der Waals surface area (Å²) < 4.78 is 27.4. The van der Waals surface area contributed by atoms with Crippen LogP contribution in [0.4, 0.5) is 11.4 Å². The van der Waals surface area contributed by atoms with Crippen LogP contribution in [-0.2, 0) is 10.0 Å². The molecule has 3 aromatic carbocycles. The number of sulfonamides is 1. The molecule has 0 unspecified atom stereocenters. The van der Waals surface area contributed by atoms with Gasteiger partial charge in [-0.2, -0.15) is 0 Å². The van der Waals surface area contributed by atoms with Crippen molar-refractivity contribution in [3.63, 3.8) is 0 Å². The molecule has 0 spiro atoms. The first kappa shape index (κ1) is 22.3. The number of anilines is 2. The molecule has 2 amide bonds. The summed E-state index contributed by atoms with van der Waals surface area (Å²) in [4.78, 5) is 25.7. The molecule has 1 aliphatic rings. The van der Waals surface area contributed by atoms with E-state index in [9.17, 15) is 18.0 Å². The van der Waals surface area contributed by atoms with Crippen LogP contribution >= 0.6 is 0 Å². The molecule has 3 aromatic rings. The molecule has 168 valence electrons. The molecular weight excluding hydrogens is 438 g/mol. The number of rotatable bonds is 6. The Labute approximate surface area is 192 Å². The SMILES string of the molecule is C=CCNC(=O)c1ccccc1NC(=O)c1ccc2c(c1)-c1ccccc1S(=O)(=O)N2CC. The van der Waals surface area contributed by atoms with Crippen molar-refractivity contribution in [2.75, 3.05) is 22.7 Å². The average molecular weight is 462 g/mol. The van der Waals surface area contributed by atoms with Gasteiger partial charge in [-0.1, -0.05) is 36.4 Å². The number of carbonyl (C=O) groups is 2. The summed E-state index contributed by atoms with van der Waals surface area (Å²) in [6.07, 6.45) is 1.57. The van der Waals surface area contributed by atoms with E-state index in [2.05, 4.69) is 17.2 Å². The molecular formula is C25H23N3O4S. The standard InChI is InChI=1S/C25H23N3O4S/c1-3-15-26-25(30)19-10-5-7-11-21(19)27-24(29)17-13-14-22-20(16-17)18-9-6-8-12-23(18)33(31,32)28(22)4-2/h3,5-14,16H,1,4,15H2,2H3,(H,26,30)(H,27,29). The Bertz CT molecular complexity index is 1370. The Morgan fingerprint density at radius 2 is 1.70 bits per heavy atom. The van der Waals surface area contributed by atoms with E-state index >= 15 is 0 Å². The fourth-order valence-corrected chi connectivity index (χ4v) is 5.56. The van der Waals surface area contributed by atoms with Gasteiger partial charge in [0.05, 0.1) is 21.8 Å². The van der Waals surface area contributed by atoms with Gasteiger partial charge in [-0.3, -0.25) is 13.9 Å². The van der Waals surface area contributed by atoms with Crippen molar-refractivity contribution in [3.8, 4) is 11.1 Å². The van der Waals surface area contributed by atoms with Crippen molar-refractivity contribution in [3.05, 3.63) is 90.5 Å². The fraction of sp³-hybridized carbons (Fsp3) is 0.120. The maximum Gasteiger partial charge on any atom is 0.264 e. The lowest BCUT2D eigenvalue weighted by molar-refractivity contribution is 0.0959. The number of carbonyl (C=O) groups excluding carboxylic acids is 2. The first-order valence-corrected chi connectivity index (χ1v) is 11.9. The van der Waals surface area contributed by atoms with Crippen LogP contribution in [0.15, 0.2) is 84.3 Å². The largest absolute Gasteiger partial charge is 0.349 e. The van der Waals surface area contributed by atoms with Crippen molar-refractivity contribution in [2.45, 2.75) is 11.8 Å². The van der Waals surface area contributed by atoms with Crippen LogP contribution in [0, 0.1) is 0 Å². The van der Waals surface area contributed by atoms with Gasteiger partial charge in [-0.15, -0.1) is 6.58 Å². The number of para-hydroxylation sites is 1. The zero-order chi connectivity index (χ0) is 23.6. The van der Waals surface area contributed by atoms with Crippen molar-refractivity contribution in [2.24, 2.45) is 0 Å². The smallest absolute Gasteiger partial charge is 0.264 e. The minimum absolute atomic E-state index is 0.209. The van der Waals surface area contributed by atoms with E-state index < -0.39 is 15.9 Å². The van der Waals surface area contributed by atoms with Crippen LogP contribution in [0.1, 0.15) is 27.6 Å². The monoisotopic (exact) mass is 461 g/mol. The average Bonchev–Trinajstić information content (AvgIpc) is 2.83. The molecule has 0 radical (unpaired) electrons. The Kier molecular flexibility index (Phi) is 6.02. The molecule has 4 rings (SSSR count). The second-order valence-corrected chi connectivity index (χ2v) is 9.23. The summed E-state index contributed by atoms with van der Waals surface area (Å²) in [7, 11) is -3.67. The molecule has 7 nitrogen and oxygen atoms in total. The summed E-state index contributed by atoms with van der Waals surface area (Å²) in [5.74, 6) is -0.732. The van der Waals surface area contributed by atoms with Crippen LogP contribution in [-0.4, -0.2) is 33.3 Å². The molecule has 1 heterocycles. The molecule has 2 N–H and O–H groups in total. The van der Waals surface area contributed by atoms with E-state index in [1.165, 1.54) is 4.31 Å². The minimum atomic E-state index is -3.67. The number of hydrogen-bond donors (Lipinski definition) is 2. The maximum absolute atomic E-state index is 13.1. The predicted molar refractivity (Wildman–Crippen MR) is 129 cm³/mol. The highest BCUT2D eigenvalue weighted by Gasteiger charge is 2.34. The van der Waals surface area contributed by atoms with Crippen LogP contribution in [0.3, 0.4) is 0 Å². The fourth-order valence-electron chi connectivity index (χ4n) is 3.86. The second kappa shape index (κ2) is 8.91. The zero-order valence-corrected chi connectivity index (χ0v) is 18.9. The van der Waals surface area contributed by atoms with Gasteiger partial charge in [0.1, 0.15) is 0 Å². The second-order valence-electron chi connectivity index (χ2n) is 7.40. The van der Waals surface area contributed by atoms with E-state index in [1.54, 1.807) is 79.7 Å². The van der Waals surface area contributed by atoms with Crippen LogP contribution < -0.4 is 14.9 Å². The molecule has 8 heteroatoms. The third-order valence-corrected chi connectivity index (χ3v) is 7.33. The number of amides is 2. The van der Waals surface area contributed by atoms with E-state index in [0.717, 1.165) is 0 Å². The summed E-state index contributed by atoms with van der Waals surface area (Å²) in [5, 5.41) is 5.50. The number of nitrogens with zero attached hydrogens (tertiary/aromatic N) is 1. The summed E-state index contributed by atoms with van der Waals surface area (Å²) in [6, 6.07) is 18.4. The lowest BCUT2D eigenvalue weighted by Gasteiger charge is -2.31. The number of hydrogen-bond acceptors (Lipinski definition) is 4. The maximum atomic E-state index is 13.1. The Hall–Kier alpha value is -3.91. The molecule has 33 heavy (non-hydrogen) atoms. The predicted octanol–water partition coefficient (Wildman–Crippen LogP) is 4.05. The lowest BCUT2D eigenvalue weighted by Crippen LogP contribution is -2.34. The van der Waals surface area contributed by atoms with Gasteiger partial charge < -0.3 is 10.6 Å². The highest BCUT2D eigenvalue weighted by atomic mass is 32.2. The Morgan fingerprint density at radius 3 is 2.45 bits per heavy atom. The number of nitrogens with one attached hydrogen (secondary N) is 2. The molecule has 0 aromatic heterocycles. The normalized spacial score (nSPS) is 13.4. The highest BCUT2D eigenvalue weighted by molar-refractivity contribution is 7.93. The van der Waals surface area contributed by atoms with Crippen molar-refractivity contribution >= 4 is 33.2 Å². The molecule has 0 fully saturated rings. The van der Waals surface area contributed by atoms with Crippen molar-refractivity contribution < 1.29 is 18.0 Å². The number of fused-ring (bicyclic) bond motifs is 3. The van der Waals surface area contributed by atoms with Gasteiger partial charge in [0, 0.05) is 29.8 Å². The Balaban J connectivity index is 1.71. The summed E-state index contributed by atoms with van der Waals surface area (Å²) >= 11 is 0. The van der Waals surface area contributed by atoms with Crippen LogP contribution in [0.5, 0.6) is 0 Å². The molecule has 0 saturated heterocycles. The van der Waals surface area contributed by atoms with Crippen molar-refractivity contribution in [1.82, 2.24) is 5.32 Å². The minimum Gasteiger partial charge on any atom is -0.349 e. The van der Waals surface area contributed by atoms with Gasteiger partial charge in [0.15, 0.2) is 0 Å². The van der Waals surface area contributed by atoms with Gasteiger partial charge in [0.25, 0.3) is 21.8 Å². The van der Waals surface area contributed by atoms with E-state index in [4.69, 9.17) is 0 Å². The first-order valence-electron chi connectivity index (χ1n) is 10.4. The molecule has 0 bridgehead atoms. The Morgan fingerprint density at radius 1 is 0.970 bits per heavy atom. The third-order valence-electron chi connectivity index (χ3n) is 5.39. The topological polar surface area (TPSA) is 95.6 Å². The van der Waals surface area contributed by atoms with Gasteiger partial charge in [-0.05, 0) is 43.3 Å². The zero-order valence-electron chi connectivity index (χ0n) is 18.0. The highest BCUT2D eigenvalue weighted by Crippen LogP contribution is 2.43. The lowest BCUT2D eigenvalue weighted by atomic mass is 9.99. The first-order chi connectivity index (χ1) is 15.9. The van der Waals surface area contributed by atoms with E-state index in [-0.39, 0.29) is 17.3 Å². The molecule has 1 aliphatic heterocycles. The van der Waals surface area contributed by atoms with Crippen LogP contribution in [0.2, 0.25) is 0 Å². The molecule has 0 saturated carbocycles. The summed E-state index contributed by atoms with van der Waals surface area (Å²) in [6.45, 7) is 5.92. The van der Waals surface area contributed by atoms with Gasteiger partial charge >= 0.3 is 0 Å². The quantitative estimate of drug-likeness (QED) is 0.542. The van der Waals surface area contributed by atoms with Gasteiger partial charge in [0.2, 0.25) is 0 Å². The third kappa shape index (κ3) is 4.01. The number of benzene rings is 3. The molecule has 0 aliphatic carbocycles. The van der Waals surface area contributed by atoms with E-state index in [1.807, 2.05) is 0 Å². The summed E-state index contributed by atoms with van der Waals surface area (Å²) in [5.41, 5.74) is 2.79. The van der Waals surface area contributed by atoms with Crippen molar-refractivity contribution in [1.29, 1.82) is 0 Å². The van der Waals surface area contributed by atoms with Gasteiger partial charge in [-0.25, -0.2) is 8.42 Å². The van der Waals surface area contributed by atoms with E-state index in [0.29, 0.717) is 40.2 Å². The molecule has 0 atom stereocenters. The van der Waals surface area contributed by atoms with Crippen LogP contribution in [0.25, 0.3) is 11.1 Å².